The van der Waals surface area contributed by atoms with Crippen molar-refractivity contribution in [1.29, 1.82) is 0 Å². The molecule has 0 radical (unpaired) electrons. The number of phenols is 1. The molecule has 0 aliphatic rings. The maximum atomic E-state index is 12.3. The van der Waals surface area contributed by atoms with Crippen molar-refractivity contribution in [3.63, 3.8) is 0 Å². The van der Waals surface area contributed by atoms with Crippen LogP contribution in [-0.4, -0.2) is 23.1 Å². The van der Waals surface area contributed by atoms with E-state index in [4.69, 9.17) is 16.3 Å². The fourth-order valence-electron chi connectivity index (χ4n) is 2.54. The van der Waals surface area contributed by atoms with Crippen molar-refractivity contribution in [3.05, 3.63) is 83.4 Å². The Balaban J connectivity index is 1.62. The summed E-state index contributed by atoms with van der Waals surface area (Å²) in [5.41, 5.74) is 2.67. The fourth-order valence-corrected chi connectivity index (χ4v) is 2.74. The predicted molar refractivity (Wildman–Crippen MR) is 109 cm³/mol. The van der Waals surface area contributed by atoms with Crippen LogP contribution < -0.4 is 5.32 Å². The SMILES string of the molecule is C[C@@H](OC(=O)c1ccc(-c2ccc(O)cc2)cc1)C(=O)Nc1cccc(Cl)c1. The van der Waals surface area contributed by atoms with Gasteiger partial charge in [0.25, 0.3) is 5.91 Å². The van der Waals surface area contributed by atoms with E-state index in [0.717, 1.165) is 11.1 Å². The second-order valence-electron chi connectivity index (χ2n) is 6.17. The quantitative estimate of drug-likeness (QED) is 0.602. The molecule has 6 heteroatoms. The molecule has 1 amide bonds. The summed E-state index contributed by atoms with van der Waals surface area (Å²) in [7, 11) is 0. The normalized spacial score (nSPS) is 11.5. The van der Waals surface area contributed by atoms with Gasteiger partial charge < -0.3 is 15.2 Å². The van der Waals surface area contributed by atoms with E-state index >= 15 is 0 Å². The number of aromatic hydroxyl groups is 1. The zero-order chi connectivity index (χ0) is 20.1. The van der Waals surface area contributed by atoms with Gasteiger partial charge in [-0.25, -0.2) is 4.79 Å². The van der Waals surface area contributed by atoms with Crippen molar-refractivity contribution in [2.24, 2.45) is 0 Å². The lowest BCUT2D eigenvalue weighted by Crippen LogP contribution is -2.30. The molecule has 1 atom stereocenters. The highest BCUT2D eigenvalue weighted by Crippen LogP contribution is 2.22. The first-order valence-electron chi connectivity index (χ1n) is 8.59. The number of esters is 1. The third kappa shape index (κ3) is 4.90. The third-order valence-electron chi connectivity index (χ3n) is 4.07. The first-order chi connectivity index (χ1) is 13.4. The second kappa shape index (κ2) is 8.59. The predicted octanol–water partition coefficient (Wildman–Crippen LogP) is 4.90. The Labute approximate surface area is 167 Å². The van der Waals surface area contributed by atoms with Gasteiger partial charge in [-0.05, 0) is 60.5 Å². The number of benzene rings is 3. The lowest BCUT2D eigenvalue weighted by Gasteiger charge is -2.14. The van der Waals surface area contributed by atoms with Crippen LogP contribution >= 0.6 is 11.6 Å². The minimum atomic E-state index is -0.969. The third-order valence-corrected chi connectivity index (χ3v) is 4.30. The summed E-state index contributed by atoms with van der Waals surface area (Å²) in [5, 5.41) is 12.5. The molecule has 0 saturated heterocycles. The zero-order valence-corrected chi connectivity index (χ0v) is 15.8. The summed E-state index contributed by atoms with van der Waals surface area (Å²) in [5.74, 6) is -0.851. The Morgan fingerprint density at radius 3 is 2.18 bits per heavy atom. The standard InChI is InChI=1S/C22H18ClNO4/c1-14(21(26)24-19-4-2-3-18(23)13-19)28-22(27)17-7-5-15(6-8-17)16-9-11-20(25)12-10-16/h2-14,25H,1H3,(H,24,26)/t14-/m1/s1. The average molecular weight is 396 g/mol. The van der Waals surface area contributed by atoms with Crippen LogP contribution in [0.1, 0.15) is 17.3 Å². The first kappa shape index (κ1) is 19.5. The van der Waals surface area contributed by atoms with Crippen LogP contribution in [0.4, 0.5) is 5.69 Å². The highest BCUT2D eigenvalue weighted by molar-refractivity contribution is 6.30. The van der Waals surface area contributed by atoms with Crippen LogP contribution in [0, 0.1) is 0 Å². The fraction of sp³-hybridized carbons (Fsp3) is 0.0909. The van der Waals surface area contributed by atoms with Crippen molar-refractivity contribution < 1.29 is 19.4 Å². The number of hydrogen-bond donors (Lipinski definition) is 2. The van der Waals surface area contributed by atoms with E-state index in [0.29, 0.717) is 16.3 Å². The molecular weight excluding hydrogens is 378 g/mol. The van der Waals surface area contributed by atoms with Gasteiger partial charge in [-0.15, -0.1) is 0 Å². The van der Waals surface area contributed by atoms with E-state index in [9.17, 15) is 14.7 Å². The van der Waals surface area contributed by atoms with Gasteiger partial charge in [-0.3, -0.25) is 4.79 Å². The van der Waals surface area contributed by atoms with E-state index in [1.54, 1.807) is 72.8 Å². The molecule has 0 bridgehead atoms. The Morgan fingerprint density at radius 2 is 1.57 bits per heavy atom. The molecule has 0 aliphatic heterocycles. The van der Waals surface area contributed by atoms with E-state index in [-0.39, 0.29) is 5.75 Å². The number of carbonyl (C=O) groups is 2. The first-order valence-corrected chi connectivity index (χ1v) is 8.97. The number of hydrogen-bond acceptors (Lipinski definition) is 4. The van der Waals surface area contributed by atoms with Crippen LogP contribution in [0.2, 0.25) is 5.02 Å². The van der Waals surface area contributed by atoms with Crippen LogP contribution in [0.15, 0.2) is 72.8 Å². The maximum absolute atomic E-state index is 12.3. The smallest absolute Gasteiger partial charge is 0.338 e. The van der Waals surface area contributed by atoms with Gasteiger partial charge >= 0.3 is 5.97 Å². The Bertz CT molecular complexity index is 984. The molecule has 3 aromatic carbocycles. The molecule has 0 saturated carbocycles. The lowest BCUT2D eigenvalue weighted by molar-refractivity contribution is -0.123. The van der Waals surface area contributed by atoms with Crippen molar-refractivity contribution in [2.45, 2.75) is 13.0 Å². The number of ether oxygens (including phenoxy) is 1. The zero-order valence-electron chi connectivity index (χ0n) is 15.1. The lowest BCUT2D eigenvalue weighted by atomic mass is 10.0. The molecular formula is C22H18ClNO4. The van der Waals surface area contributed by atoms with E-state index in [2.05, 4.69) is 5.32 Å². The highest BCUT2D eigenvalue weighted by Gasteiger charge is 2.19. The topological polar surface area (TPSA) is 75.6 Å². The number of carbonyl (C=O) groups excluding carboxylic acids is 2. The molecule has 3 rings (SSSR count). The largest absolute Gasteiger partial charge is 0.508 e. The van der Waals surface area contributed by atoms with Crippen LogP contribution in [0.5, 0.6) is 5.75 Å². The van der Waals surface area contributed by atoms with Crippen molar-refractivity contribution in [3.8, 4) is 16.9 Å². The average Bonchev–Trinajstić information content (AvgIpc) is 2.68. The molecule has 0 fully saturated rings. The second-order valence-corrected chi connectivity index (χ2v) is 6.61. The summed E-state index contributed by atoms with van der Waals surface area (Å²) < 4.78 is 5.24. The number of phenolic OH excluding ortho intramolecular Hbond substituents is 1. The monoisotopic (exact) mass is 395 g/mol. The molecule has 0 heterocycles. The summed E-state index contributed by atoms with van der Waals surface area (Å²) >= 11 is 5.89. The molecule has 0 aliphatic carbocycles. The number of amides is 1. The minimum Gasteiger partial charge on any atom is -0.508 e. The molecule has 0 unspecified atom stereocenters. The molecule has 2 N–H and O–H groups in total. The highest BCUT2D eigenvalue weighted by atomic mass is 35.5. The van der Waals surface area contributed by atoms with Gasteiger partial charge in [0.15, 0.2) is 6.10 Å². The van der Waals surface area contributed by atoms with E-state index in [1.165, 1.54) is 6.92 Å². The Hall–Kier alpha value is -3.31. The maximum Gasteiger partial charge on any atom is 0.338 e. The van der Waals surface area contributed by atoms with Crippen molar-refractivity contribution in [2.75, 3.05) is 5.32 Å². The van der Waals surface area contributed by atoms with Crippen molar-refractivity contribution >= 4 is 29.2 Å². The number of halogens is 1. The molecule has 28 heavy (non-hydrogen) atoms. The molecule has 0 aromatic heterocycles. The van der Waals surface area contributed by atoms with Gasteiger partial charge in [0.2, 0.25) is 0 Å². The number of nitrogens with one attached hydrogen (secondary N) is 1. The summed E-state index contributed by atoms with van der Waals surface area (Å²) in [6.07, 6.45) is -0.969. The minimum absolute atomic E-state index is 0.189. The van der Waals surface area contributed by atoms with E-state index < -0.39 is 18.0 Å². The van der Waals surface area contributed by atoms with Gasteiger partial charge in [-0.1, -0.05) is 41.9 Å². The molecule has 3 aromatic rings. The summed E-state index contributed by atoms with van der Waals surface area (Å²) in [6, 6.07) is 20.3. The Morgan fingerprint density at radius 1 is 0.964 bits per heavy atom. The van der Waals surface area contributed by atoms with Crippen LogP contribution in [0.3, 0.4) is 0 Å². The Kier molecular flexibility index (Phi) is 5.96. The van der Waals surface area contributed by atoms with Gasteiger partial charge in [0, 0.05) is 10.7 Å². The van der Waals surface area contributed by atoms with Crippen molar-refractivity contribution in [1.82, 2.24) is 0 Å². The number of rotatable bonds is 5. The molecule has 5 nitrogen and oxygen atoms in total. The van der Waals surface area contributed by atoms with Crippen LogP contribution in [0.25, 0.3) is 11.1 Å². The van der Waals surface area contributed by atoms with Gasteiger partial charge in [0.1, 0.15) is 5.75 Å². The summed E-state index contributed by atoms with van der Waals surface area (Å²) in [4.78, 5) is 24.5. The molecule has 0 spiro atoms. The molecule has 142 valence electrons. The van der Waals surface area contributed by atoms with Gasteiger partial charge in [-0.2, -0.15) is 0 Å². The van der Waals surface area contributed by atoms with Gasteiger partial charge in [0.05, 0.1) is 5.56 Å². The van der Waals surface area contributed by atoms with E-state index in [1.807, 2.05) is 0 Å². The van der Waals surface area contributed by atoms with Crippen LogP contribution in [-0.2, 0) is 9.53 Å². The summed E-state index contributed by atoms with van der Waals surface area (Å²) in [6.45, 7) is 1.50. The number of anilines is 1.